The monoisotopic (exact) mass is 529 g/mol. The predicted octanol–water partition coefficient (Wildman–Crippen LogP) is 3.36. The summed E-state index contributed by atoms with van der Waals surface area (Å²) in [5.41, 5.74) is 2.96. The third kappa shape index (κ3) is 5.12. The molecule has 2 N–H and O–H groups in total. The normalized spacial score (nSPS) is 16.9. The lowest BCUT2D eigenvalue weighted by Crippen LogP contribution is -2.53. The number of anilines is 2. The molecule has 10 heteroatoms. The van der Waals surface area contributed by atoms with Crippen molar-refractivity contribution in [1.82, 2.24) is 4.31 Å². The zero-order chi connectivity index (χ0) is 26.1. The van der Waals surface area contributed by atoms with Gasteiger partial charge in [0.15, 0.2) is 0 Å². The lowest BCUT2D eigenvalue weighted by Gasteiger charge is -2.39. The number of aliphatic hydroxyl groups excluding tert-OH is 1. The van der Waals surface area contributed by atoms with E-state index in [1.54, 1.807) is 79.7 Å². The topological polar surface area (TPSA) is 107 Å². The predicted molar refractivity (Wildman–Crippen MR) is 141 cm³/mol. The Balaban J connectivity index is 1.70. The van der Waals surface area contributed by atoms with Gasteiger partial charge in [0.2, 0.25) is 10.0 Å². The molecule has 0 fully saturated rings. The molecule has 0 amide bonds. The SMILES string of the molecule is Cc1ccc(S(=O)(=O)N2C[C@@H](CN([C@@H](C)CO)S(=O)(=O)c3ccc(C)cc3)Nc3ccccc32)cc1. The van der Waals surface area contributed by atoms with Gasteiger partial charge in [0.25, 0.3) is 10.0 Å². The van der Waals surface area contributed by atoms with Gasteiger partial charge in [-0.25, -0.2) is 16.8 Å². The maximum atomic E-state index is 13.7. The number of para-hydroxylation sites is 2. The number of aryl methyl sites for hydroxylation is 2. The summed E-state index contributed by atoms with van der Waals surface area (Å²) in [4.78, 5) is 0.283. The van der Waals surface area contributed by atoms with Crippen molar-refractivity contribution in [2.45, 2.75) is 42.6 Å². The van der Waals surface area contributed by atoms with Gasteiger partial charge in [-0.15, -0.1) is 0 Å². The minimum atomic E-state index is -3.95. The summed E-state index contributed by atoms with van der Waals surface area (Å²) in [6, 6.07) is 19.0. The molecule has 0 aromatic heterocycles. The number of benzene rings is 3. The van der Waals surface area contributed by atoms with Crippen LogP contribution < -0.4 is 9.62 Å². The third-order valence-corrected chi connectivity index (χ3v) is 10.1. The molecule has 0 spiro atoms. The van der Waals surface area contributed by atoms with E-state index in [-0.39, 0.29) is 29.5 Å². The maximum Gasteiger partial charge on any atom is 0.264 e. The zero-order valence-electron chi connectivity index (χ0n) is 20.5. The molecule has 3 aromatic rings. The largest absolute Gasteiger partial charge is 0.395 e. The van der Waals surface area contributed by atoms with Gasteiger partial charge in [-0.3, -0.25) is 4.31 Å². The van der Waals surface area contributed by atoms with Crippen LogP contribution in [-0.4, -0.2) is 58.0 Å². The first-order valence-corrected chi connectivity index (χ1v) is 14.6. The number of fused-ring (bicyclic) bond motifs is 1. The number of aliphatic hydroxyl groups is 1. The van der Waals surface area contributed by atoms with Crippen LogP contribution in [0.15, 0.2) is 82.6 Å². The van der Waals surface area contributed by atoms with E-state index < -0.39 is 32.1 Å². The standard InChI is InChI=1S/C26H31N3O5S2/c1-19-8-12-23(13-9-19)35(31,32)28(21(3)18-30)16-22-17-29(26-7-5-4-6-25(26)27-22)36(33,34)24-14-10-20(2)11-15-24/h4-15,21-22,27,30H,16-18H2,1-3H3/t21-,22+/m0/s1. The molecule has 0 saturated heterocycles. The number of nitrogens with zero attached hydrogens (tertiary/aromatic N) is 2. The van der Waals surface area contributed by atoms with E-state index in [0.717, 1.165) is 11.1 Å². The van der Waals surface area contributed by atoms with Gasteiger partial charge in [0, 0.05) is 12.6 Å². The van der Waals surface area contributed by atoms with Crippen molar-refractivity contribution in [3.05, 3.63) is 83.9 Å². The molecule has 1 aliphatic heterocycles. The summed E-state index contributed by atoms with van der Waals surface area (Å²) in [6.45, 7) is 5.00. The molecule has 36 heavy (non-hydrogen) atoms. The van der Waals surface area contributed by atoms with Crippen LogP contribution in [-0.2, 0) is 20.0 Å². The van der Waals surface area contributed by atoms with E-state index in [1.807, 2.05) is 13.8 Å². The van der Waals surface area contributed by atoms with Crippen molar-refractivity contribution >= 4 is 31.4 Å². The Hall–Kier alpha value is -2.92. The number of rotatable bonds is 8. The van der Waals surface area contributed by atoms with Crippen LogP contribution in [0.1, 0.15) is 18.1 Å². The van der Waals surface area contributed by atoms with E-state index in [2.05, 4.69) is 5.32 Å². The van der Waals surface area contributed by atoms with Gasteiger partial charge in [-0.05, 0) is 57.2 Å². The Labute approximate surface area is 213 Å². The second-order valence-electron chi connectivity index (χ2n) is 9.13. The lowest BCUT2D eigenvalue weighted by atomic mass is 10.1. The van der Waals surface area contributed by atoms with Crippen LogP contribution in [0.2, 0.25) is 0 Å². The van der Waals surface area contributed by atoms with E-state index >= 15 is 0 Å². The highest BCUT2D eigenvalue weighted by Crippen LogP contribution is 2.35. The summed E-state index contributed by atoms with van der Waals surface area (Å²) in [5.74, 6) is 0. The summed E-state index contributed by atoms with van der Waals surface area (Å²) in [7, 11) is -7.85. The molecule has 4 rings (SSSR count). The van der Waals surface area contributed by atoms with Crippen LogP contribution in [0.25, 0.3) is 0 Å². The fraction of sp³-hybridized carbons (Fsp3) is 0.308. The first-order chi connectivity index (χ1) is 17.0. The molecule has 0 radical (unpaired) electrons. The fourth-order valence-corrected chi connectivity index (χ4v) is 7.41. The summed E-state index contributed by atoms with van der Waals surface area (Å²) in [5, 5.41) is 13.2. The molecule has 2 atom stereocenters. The summed E-state index contributed by atoms with van der Waals surface area (Å²) >= 11 is 0. The van der Waals surface area contributed by atoms with Gasteiger partial charge in [-0.1, -0.05) is 47.5 Å². The minimum absolute atomic E-state index is 0.0191. The molecule has 0 saturated carbocycles. The van der Waals surface area contributed by atoms with Crippen molar-refractivity contribution in [3.8, 4) is 0 Å². The van der Waals surface area contributed by atoms with Crippen LogP contribution in [0.4, 0.5) is 11.4 Å². The molecule has 0 bridgehead atoms. The molecular formula is C26H31N3O5S2. The van der Waals surface area contributed by atoms with Crippen molar-refractivity contribution < 1.29 is 21.9 Å². The first kappa shape index (κ1) is 26.2. The molecule has 0 aliphatic carbocycles. The van der Waals surface area contributed by atoms with Crippen molar-refractivity contribution in [3.63, 3.8) is 0 Å². The second-order valence-corrected chi connectivity index (χ2v) is 12.9. The first-order valence-electron chi connectivity index (χ1n) is 11.7. The Morgan fingerprint density at radius 3 is 2.06 bits per heavy atom. The molecule has 1 aliphatic rings. The van der Waals surface area contributed by atoms with Gasteiger partial charge in [0.05, 0.1) is 40.4 Å². The molecule has 8 nitrogen and oxygen atoms in total. The highest BCUT2D eigenvalue weighted by molar-refractivity contribution is 7.92. The number of hydrogen-bond acceptors (Lipinski definition) is 6. The Morgan fingerprint density at radius 2 is 1.47 bits per heavy atom. The Morgan fingerprint density at radius 1 is 0.917 bits per heavy atom. The van der Waals surface area contributed by atoms with E-state index in [9.17, 15) is 21.9 Å². The van der Waals surface area contributed by atoms with Crippen molar-refractivity contribution in [1.29, 1.82) is 0 Å². The minimum Gasteiger partial charge on any atom is -0.395 e. The second kappa shape index (κ2) is 10.2. The van der Waals surface area contributed by atoms with E-state index in [1.165, 1.54) is 8.61 Å². The molecule has 3 aromatic carbocycles. The molecule has 1 heterocycles. The fourth-order valence-electron chi connectivity index (χ4n) is 4.21. The van der Waals surface area contributed by atoms with E-state index in [4.69, 9.17) is 0 Å². The highest BCUT2D eigenvalue weighted by Gasteiger charge is 2.37. The average molecular weight is 530 g/mol. The Kier molecular flexibility index (Phi) is 7.42. The van der Waals surface area contributed by atoms with Gasteiger partial charge >= 0.3 is 0 Å². The molecule has 192 valence electrons. The van der Waals surface area contributed by atoms with Crippen LogP contribution in [0.5, 0.6) is 0 Å². The average Bonchev–Trinajstić information content (AvgIpc) is 2.86. The zero-order valence-corrected chi connectivity index (χ0v) is 22.1. The summed E-state index contributed by atoms with van der Waals surface area (Å²) < 4.78 is 57.0. The molecule has 0 unspecified atom stereocenters. The lowest BCUT2D eigenvalue weighted by molar-refractivity contribution is 0.195. The highest BCUT2D eigenvalue weighted by atomic mass is 32.2. The smallest absolute Gasteiger partial charge is 0.264 e. The van der Waals surface area contributed by atoms with Gasteiger partial charge in [0.1, 0.15) is 0 Å². The van der Waals surface area contributed by atoms with Crippen molar-refractivity contribution in [2.24, 2.45) is 0 Å². The number of nitrogens with one attached hydrogen (secondary N) is 1. The maximum absolute atomic E-state index is 13.7. The molecular weight excluding hydrogens is 498 g/mol. The summed E-state index contributed by atoms with van der Waals surface area (Å²) in [6.07, 6.45) is 0. The van der Waals surface area contributed by atoms with Gasteiger partial charge in [-0.2, -0.15) is 4.31 Å². The number of sulfonamides is 2. The third-order valence-electron chi connectivity index (χ3n) is 6.31. The van der Waals surface area contributed by atoms with Crippen LogP contribution >= 0.6 is 0 Å². The van der Waals surface area contributed by atoms with E-state index in [0.29, 0.717) is 11.4 Å². The Bertz CT molecular complexity index is 1420. The van der Waals surface area contributed by atoms with Crippen LogP contribution in [0.3, 0.4) is 0 Å². The van der Waals surface area contributed by atoms with Gasteiger partial charge < -0.3 is 10.4 Å². The van der Waals surface area contributed by atoms with Crippen molar-refractivity contribution in [2.75, 3.05) is 29.3 Å². The quantitative estimate of drug-likeness (QED) is 0.463. The van der Waals surface area contributed by atoms with Crippen LogP contribution in [0, 0.1) is 13.8 Å². The number of hydrogen-bond donors (Lipinski definition) is 2.